The van der Waals surface area contributed by atoms with Crippen LogP contribution in [0.1, 0.15) is 36.7 Å². The third-order valence-electron chi connectivity index (χ3n) is 6.83. The number of fused-ring (bicyclic) bond motifs is 1. The van der Waals surface area contributed by atoms with E-state index in [9.17, 15) is 14.7 Å². The normalized spacial score (nSPS) is 12.8. The quantitative estimate of drug-likeness (QED) is 0.163. The number of rotatable bonds is 5. The van der Waals surface area contributed by atoms with Crippen molar-refractivity contribution < 1.29 is 24.2 Å². The molecule has 0 aliphatic carbocycles. The fourth-order valence-electron chi connectivity index (χ4n) is 5.21. The molecular weight excluding hydrogens is 506 g/mol. The first-order valence-corrected chi connectivity index (χ1v) is 12.8. The van der Waals surface area contributed by atoms with Crippen molar-refractivity contribution in [3.05, 3.63) is 109 Å². The van der Waals surface area contributed by atoms with Gasteiger partial charge in [0.05, 0.1) is 23.9 Å². The number of allylic oxidation sites excluding steroid dienone is 1. The SMILES string of the molecule is C=CCc1c(-c2ccccc2)nc2ccccc2c1C(=O)[N+](c1ccccc1)(N(C(=O)O)C(=O)OC)C(C)(C)C. The number of pyridine rings is 1. The van der Waals surface area contributed by atoms with Crippen LogP contribution in [0.15, 0.2) is 97.6 Å². The van der Waals surface area contributed by atoms with Crippen molar-refractivity contribution in [1.29, 1.82) is 0 Å². The van der Waals surface area contributed by atoms with E-state index in [1.54, 1.807) is 75.4 Å². The maximum Gasteiger partial charge on any atom is 0.466 e. The highest BCUT2D eigenvalue weighted by molar-refractivity contribution is 6.15. The topological polar surface area (TPSA) is 96.8 Å². The molecule has 0 bridgehead atoms. The molecule has 0 spiro atoms. The number of para-hydroxylation sites is 2. The molecule has 1 unspecified atom stereocenters. The van der Waals surface area contributed by atoms with Gasteiger partial charge in [-0.05, 0) is 43.8 Å². The van der Waals surface area contributed by atoms with Gasteiger partial charge in [0.1, 0.15) is 5.54 Å². The lowest BCUT2D eigenvalue weighted by molar-refractivity contribution is -0.0330. The van der Waals surface area contributed by atoms with E-state index in [0.29, 0.717) is 27.2 Å². The molecule has 3 aromatic carbocycles. The molecule has 0 aliphatic heterocycles. The van der Waals surface area contributed by atoms with E-state index in [4.69, 9.17) is 9.72 Å². The van der Waals surface area contributed by atoms with E-state index in [-0.39, 0.29) is 17.7 Å². The molecule has 0 saturated carbocycles. The molecule has 0 radical (unpaired) electrons. The number of amides is 3. The van der Waals surface area contributed by atoms with Gasteiger partial charge >= 0.3 is 18.1 Å². The lowest BCUT2D eigenvalue weighted by Crippen LogP contribution is -2.76. The van der Waals surface area contributed by atoms with Crippen molar-refractivity contribution >= 4 is 34.7 Å². The van der Waals surface area contributed by atoms with E-state index < -0.39 is 28.2 Å². The summed E-state index contributed by atoms with van der Waals surface area (Å²) in [6, 6.07) is 25.1. The van der Waals surface area contributed by atoms with Gasteiger partial charge in [-0.3, -0.25) is 0 Å². The molecule has 1 aromatic heterocycles. The number of ether oxygens (including phenoxy) is 1. The minimum Gasteiger partial charge on any atom is -0.461 e. The highest BCUT2D eigenvalue weighted by atomic mass is 16.6. The third kappa shape index (κ3) is 4.63. The fourth-order valence-corrected chi connectivity index (χ4v) is 5.21. The van der Waals surface area contributed by atoms with Crippen LogP contribution in [0.3, 0.4) is 0 Å². The Morgan fingerprint density at radius 1 is 0.950 bits per heavy atom. The Morgan fingerprint density at radius 2 is 1.52 bits per heavy atom. The van der Waals surface area contributed by atoms with Crippen LogP contribution in [0.25, 0.3) is 22.2 Å². The van der Waals surface area contributed by atoms with E-state index in [2.05, 4.69) is 6.58 Å². The highest BCUT2D eigenvalue weighted by Crippen LogP contribution is 2.42. The van der Waals surface area contributed by atoms with Crippen LogP contribution in [0.2, 0.25) is 0 Å². The average molecular weight is 539 g/mol. The number of aromatic nitrogens is 1. The summed E-state index contributed by atoms with van der Waals surface area (Å²) in [4.78, 5) is 46.4. The predicted molar refractivity (Wildman–Crippen MR) is 156 cm³/mol. The van der Waals surface area contributed by atoms with Crippen LogP contribution in [0.4, 0.5) is 15.3 Å². The zero-order chi connectivity index (χ0) is 29.1. The number of nitrogens with zero attached hydrogens (tertiary/aromatic N) is 3. The van der Waals surface area contributed by atoms with Crippen molar-refractivity contribution in [1.82, 2.24) is 14.6 Å². The number of carbonyl (C=O) groups is 3. The zero-order valence-electron chi connectivity index (χ0n) is 23.0. The van der Waals surface area contributed by atoms with Crippen molar-refractivity contribution in [3.63, 3.8) is 0 Å². The Kier molecular flexibility index (Phi) is 7.84. The number of imide groups is 1. The second-order valence-corrected chi connectivity index (χ2v) is 10.2. The zero-order valence-corrected chi connectivity index (χ0v) is 23.0. The van der Waals surface area contributed by atoms with Crippen LogP contribution in [0.5, 0.6) is 0 Å². The fraction of sp³-hybridized carbons (Fsp3) is 0.188. The summed E-state index contributed by atoms with van der Waals surface area (Å²) in [5, 5.41) is 11.5. The molecule has 4 rings (SSSR count). The van der Waals surface area contributed by atoms with Crippen molar-refractivity contribution in [2.75, 3.05) is 7.11 Å². The second-order valence-electron chi connectivity index (χ2n) is 10.2. The number of hydrogen-bond acceptors (Lipinski definition) is 5. The second kappa shape index (κ2) is 11.1. The minimum atomic E-state index is -1.63. The van der Waals surface area contributed by atoms with Gasteiger partial charge in [-0.15, -0.1) is 11.2 Å². The molecule has 4 aromatic rings. The number of hydrogen-bond donors (Lipinski definition) is 1. The molecule has 0 aliphatic rings. The van der Waals surface area contributed by atoms with E-state index in [1.165, 1.54) is 0 Å². The van der Waals surface area contributed by atoms with E-state index >= 15 is 4.79 Å². The van der Waals surface area contributed by atoms with Gasteiger partial charge in [0.25, 0.3) is 0 Å². The van der Waals surface area contributed by atoms with Crippen molar-refractivity contribution in [2.24, 2.45) is 0 Å². The average Bonchev–Trinajstić information content (AvgIpc) is 2.95. The Hall–Kier alpha value is -4.82. The highest BCUT2D eigenvalue weighted by Gasteiger charge is 2.61. The van der Waals surface area contributed by atoms with Gasteiger partial charge in [0, 0.05) is 23.1 Å². The van der Waals surface area contributed by atoms with Crippen LogP contribution >= 0.6 is 0 Å². The molecule has 1 atom stereocenters. The standard InChI is InChI=1S/C32H31N3O5/c1-6-15-25-27(24-20-13-14-21-26(24)33-28(25)22-16-9-7-10-17-22)29(36)35(32(2,3)4,23-18-11-8-12-19-23)34(30(37)38)31(39)40-5/h6-14,16-21H,1,15H2,2-5H3/p+1. The molecule has 0 saturated heterocycles. The van der Waals surface area contributed by atoms with Gasteiger partial charge in [-0.1, -0.05) is 72.8 Å². The molecule has 8 nitrogen and oxygen atoms in total. The van der Waals surface area contributed by atoms with E-state index in [1.807, 2.05) is 36.4 Å². The number of quaternary nitrogens is 1. The Labute approximate surface area is 233 Å². The molecule has 1 N–H and O–H groups in total. The number of methoxy groups -OCH3 is 1. The van der Waals surface area contributed by atoms with Gasteiger partial charge in [-0.25, -0.2) is 19.4 Å². The van der Waals surface area contributed by atoms with E-state index in [0.717, 1.165) is 12.7 Å². The lowest BCUT2D eigenvalue weighted by Gasteiger charge is -2.47. The van der Waals surface area contributed by atoms with Crippen LogP contribution in [-0.4, -0.2) is 45.8 Å². The van der Waals surface area contributed by atoms with Gasteiger partial charge < -0.3 is 9.84 Å². The molecule has 0 fully saturated rings. The summed E-state index contributed by atoms with van der Waals surface area (Å²) in [5.74, 6) is -0.626. The monoisotopic (exact) mass is 538 g/mol. The Bertz CT molecular complexity index is 1580. The predicted octanol–water partition coefficient (Wildman–Crippen LogP) is 7.24. The van der Waals surface area contributed by atoms with Crippen LogP contribution < -0.4 is 4.59 Å². The Morgan fingerprint density at radius 3 is 2.08 bits per heavy atom. The van der Waals surface area contributed by atoms with Crippen LogP contribution in [-0.2, 0) is 11.2 Å². The first-order chi connectivity index (χ1) is 19.1. The maximum atomic E-state index is 15.4. The summed E-state index contributed by atoms with van der Waals surface area (Å²) in [6.07, 6.45) is -0.871. The first-order valence-electron chi connectivity index (χ1n) is 12.8. The summed E-state index contributed by atoms with van der Waals surface area (Å²) in [5.41, 5.74) is 1.82. The number of benzene rings is 3. The largest absolute Gasteiger partial charge is 0.466 e. The summed E-state index contributed by atoms with van der Waals surface area (Å²) in [6.45, 7) is 9.06. The molecule has 3 amide bonds. The molecular formula is C32H32N3O5+. The number of carboxylic acid groups (broad SMARTS) is 1. The molecule has 204 valence electrons. The summed E-state index contributed by atoms with van der Waals surface area (Å²) < 4.78 is 3.94. The van der Waals surface area contributed by atoms with Gasteiger partial charge in [0.15, 0.2) is 5.69 Å². The molecule has 1 heterocycles. The Balaban J connectivity index is 2.24. The lowest BCUT2D eigenvalue weighted by atomic mass is 9.91. The van der Waals surface area contributed by atoms with Gasteiger partial charge in [-0.2, -0.15) is 0 Å². The summed E-state index contributed by atoms with van der Waals surface area (Å²) >= 11 is 0. The number of carbonyl (C=O) groups excluding carboxylic acids is 2. The minimum absolute atomic E-state index is 0.248. The van der Waals surface area contributed by atoms with Crippen molar-refractivity contribution in [3.8, 4) is 11.3 Å². The van der Waals surface area contributed by atoms with Crippen LogP contribution in [0, 0.1) is 0 Å². The maximum absolute atomic E-state index is 15.4. The molecule has 8 heteroatoms. The third-order valence-corrected chi connectivity index (χ3v) is 6.83. The van der Waals surface area contributed by atoms with Gasteiger partial charge in [0.2, 0.25) is 0 Å². The summed E-state index contributed by atoms with van der Waals surface area (Å²) in [7, 11) is 1.09. The molecule has 40 heavy (non-hydrogen) atoms. The first kappa shape index (κ1) is 28.2. The smallest absolute Gasteiger partial charge is 0.461 e. The van der Waals surface area contributed by atoms with Crippen molar-refractivity contribution in [2.45, 2.75) is 32.7 Å².